The molecule has 2 aliphatic rings. The molecular weight excluding hydrogens is 522 g/mol. The van der Waals surface area contributed by atoms with Crippen molar-refractivity contribution in [3.63, 3.8) is 0 Å². The Labute approximate surface area is 235 Å². The fourth-order valence-electron chi connectivity index (χ4n) is 4.53. The molecule has 3 N–H and O–H groups in total. The van der Waals surface area contributed by atoms with Gasteiger partial charge in [-0.15, -0.1) is 0 Å². The first-order chi connectivity index (χ1) is 19.6. The number of imide groups is 1. The number of fused-ring (bicyclic) bond motifs is 1. The highest BCUT2D eigenvalue weighted by atomic mass is 16.6. The number of carbonyl (C=O) groups is 3. The van der Waals surface area contributed by atoms with Gasteiger partial charge in [0.15, 0.2) is 0 Å². The van der Waals surface area contributed by atoms with Gasteiger partial charge in [0.25, 0.3) is 5.91 Å². The average Bonchev–Trinajstić information content (AvgIpc) is 3.28. The van der Waals surface area contributed by atoms with Crippen molar-refractivity contribution in [2.45, 2.75) is 38.3 Å². The van der Waals surface area contributed by atoms with Crippen LogP contribution in [0.1, 0.15) is 40.7 Å². The van der Waals surface area contributed by atoms with Gasteiger partial charge in [-0.2, -0.15) is 0 Å². The first kappa shape index (κ1) is 32.1. The van der Waals surface area contributed by atoms with Gasteiger partial charge in [-0.1, -0.05) is 12.1 Å². The van der Waals surface area contributed by atoms with Crippen LogP contribution in [0.3, 0.4) is 0 Å². The van der Waals surface area contributed by atoms with Gasteiger partial charge in [0, 0.05) is 31.7 Å². The summed E-state index contributed by atoms with van der Waals surface area (Å²) in [6, 6.07) is 5.09. The number of amides is 3. The number of nitrogens with zero attached hydrogens (tertiary/aromatic N) is 1. The predicted octanol–water partition coefficient (Wildman–Crippen LogP) is 0.439. The van der Waals surface area contributed by atoms with Crippen molar-refractivity contribution in [2.24, 2.45) is 5.73 Å². The summed E-state index contributed by atoms with van der Waals surface area (Å²) in [5.74, 6) is -0.832. The molecule has 3 rings (SSSR count). The van der Waals surface area contributed by atoms with Gasteiger partial charge in [0.2, 0.25) is 11.8 Å². The molecule has 0 spiro atoms. The highest BCUT2D eigenvalue weighted by molar-refractivity contribution is 6.05. The molecule has 12 heteroatoms. The van der Waals surface area contributed by atoms with Crippen LogP contribution in [-0.4, -0.2) is 114 Å². The first-order valence-electron chi connectivity index (χ1n) is 14.0. The maximum atomic E-state index is 12.9. The van der Waals surface area contributed by atoms with Crippen molar-refractivity contribution in [2.75, 3.05) is 85.8 Å². The van der Waals surface area contributed by atoms with E-state index in [1.807, 2.05) is 12.1 Å². The lowest BCUT2D eigenvalue weighted by Crippen LogP contribution is -2.52. The Morgan fingerprint density at radius 2 is 1.32 bits per heavy atom. The molecule has 0 bridgehead atoms. The Balaban J connectivity index is 1.16. The molecule has 40 heavy (non-hydrogen) atoms. The van der Waals surface area contributed by atoms with E-state index >= 15 is 0 Å². The Morgan fingerprint density at radius 1 is 0.775 bits per heavy atom. The zero-order chi connectivity index (χ0) is 28.4. The number of aryl methyl sites for hydroxylation is 1. The topological polar surface area (TPSA) is 148 Å². The average molecular weight is 566 g/mol. The predicted molar refractivity (Wildman–Crippen MR) is 145 cm³/mol. The standard InChI is InChI=1S/C28H43N3O9/c29-8-10-36-12-14-38-16-18-40-20-19-39-17-15-37-13-11-35-9-2-4-22-3-1-5-23-24(22)21-31(28(23)34)25-6-7-26(32)30-27(25)33/h1,3,5,25H,2,4,6-21,29H2,(H,30,32,33). The van der Waals surface area contributed by atoms with Crippen molar-refractivity contribution in [1.29, 1.82) is 0 Å². The molecule has 1 atom stereocenters. The molecular formula is C28H43N3O9. The van der Waals surface area contributed by atoms with E-state index in [0.29, 0.717) is 104 Å². The monoisotopic (exact) mass is 565 g/mol. The Kier molecular flexibility index (Phi) is 15.1. The molecule has 1 saturated heterocycles. The van der Waals surface area contributed by atoms with Crippen LogP contribution in [0.4, 0.5) is 0 Å². The molecule has 1 aromatic carbocycles. The lowest BCUT2D eigenvalue weighted by atomic mass is 10.00. The number of rotatable bonds is 22. The molecule has 2 heterocycles. The summed E-state index contributed by atoms with van der Waals surface area (Å²) in [7, 11) is 0. The lowest BCUT2D eigenvalue weighted by Gasteiger charge is -2.29. The van der Waals surface area contributed by atoms with Crippen molar-refractivity contribution in [3.05, 3.63) is 34.9 Å². The maximum Gasteiger partial charge on any atom is 0.255 e. The van der Waals surface area contributed by atoms with Gasteiger partial charge in [-0.3, -0.25) is 19.7 Å². The summed E-state index contributed by atoms with van der Waals surface area (Å²) < 4.78 is 32.7. The fraction of sp³-hybridized carbons (Fsp3) is 0.679. The molecule has 1 fully saturated rings. The van der Waals surface area contributed by atoms with Crippen LogP contribution in [-0.2, 0) is 51.0 Å². The van der Waals surface area contributed by atoms with Crippen LogP contribution in [0.5, 0.6) is 0 Å². The second-order valence-corrected chi connectivity index (χ2v) is 9.41. The van der Waals surface area contributed by atoms with Gasteiger partial charge >= 0.3 is 0 Å². The highest BCUT2D eigenvalue weighted by Crippen LogP contribution is 2.30. The summed E-state index contributed by atoms with van der Waals surface area (Å²) in [5, 5.41) is 2.34. The molecule has 0 radical (unpaired) electrons. The van der Waals surface area contributed by atoms with E-state index in [1.54, 1.807) is 11.0 Å². The summed E-state index contributed by atoms with van der Waals surface area (Å²) in [5.41, 5.74) is 8.01. The van der Waals surface area contributed by atoms with E-state index in [0.717, 1.165) is 24.0 Å². The maximum absolute atomic E-state index is 12.9. The van der Waals surface area contributed by atoms with Crippen molar-refractivity contribution >= 4 is 17.7 Å². The van der Waals surface area contributed by atoms with Crippen LogP contribution < -0.4 is 11.1 Å². The number of nitrogens with one attached hydrogen (secondary N) is 1. The van der Waals surface area contributed by atoms with Crippen molar-refractivity contribution in [3.8, 4) is 0 Å². The number of hydrogen-bond donors (Lipinski definition) is 2. The van der Waals surface area contributed by atoms with Crippen LogP contribution in [0.2, 0.25) is 0 Å². The molecule has 0 aromatic heterocycles. The number of ether oxygens (including phenoxy) is 6. The number of carbonyl (C=O) groups excluding carboxylic acids is 3. The fourth-order valence-corrected chi connectivity index (χ4v) is 4.53. The lowest BCUT2D eigenvalue weighted by molar-refractivity contribution is -0.136. The number of benzene rings is 1. The Hall–Kier alpha value is -2.45. The minimum Gasteiger partial charge on any atom is -0.379 e. The Bertz CT molecular complexity index is 930. The molecule has 0 aliphatic carbocycles. The van der Waals surface area contributed by atoms with Crippen LogP contribution >= 0.6 is 0 Å². The van der Waals surface area contributed by atoms with Crippen molar-refractivity contribution < 1.29 is 42.8 Å². The largest absolute Gasteiger partial charge is 0.379 e. The van der Waals surface area contributed by atoms with E-state index in [9.17, 15) is 14.4 Å². The summed E-state index contributed by atoms with van der Waals surface area (Å²) in [4.78, 5) is 38.2. The number of hydrogen-bond acceptors (Lipinski definition) is 10. The smallest absolute Gasteiger partial charge is 0.255 e. The van der Waals surface area contributed by atoms with Gasteiger partial charge < -0.3 is 39.1 Å². The minimum atomic E-state index is -0.601. The Morgan fingerprint density at radius 3 is 1.88 bits per heavy atom. The molecule has 1 aromatic rings. The van der Waals surface area contributed by atoms with E-state index in [2.05, 4.69) is 5.32 Å². The van der Waals surface area contributed by atoms with E-state index in [-0.39, 0.29) is 18.2 Å². The van der Waals surface area contributed by atoms with Crippen LogP contribution in [0.15, 0.2) is 18.2 Å². The molecule has 1 unspecified atom stereocenters. The normalized spacial score (nSPS) is 17.0. The molecule has 3 amide bonds. The summed E-state index contributed by atoms with van der Waals surface area (Å²) >= 11 is 0. The summed E-state index contributed by atoms with van der Waals surface area (Å²) in [6.07, 6.45) is 2.18. The molecule has 224 valence electrons. The van der Waals surface area contributed by atoms with Gasteiger partial charge in [0.05, 0.1) is 72.7 Å². The van der Waals surface area contributed by atoms with Gasteiger partial charge in [-0.05, 0) is 36.5 Å². The van der Waals surface area contributed by atoms with E-state index in [4.69, 9.17) is 34.2 Å². The van der Waals surface area contributed by atoms with Gasteiger partial charge in [-0.25, -0.2) is 0 Å². The zero-order valence-corrected chi connectivity index (χ0v) is 23.2. The quantitative estimate of drug-likeness (QED) is 0.150. The number of piperidine rings is 1. The zero-order valence-electron chi connectivity index (χ0n) is 23.2. The van der Waals surface area contributed by atoms with E-state index in [1.165, 1.54) is 0 Å². The van der Waals surface area contributed by atoms with Crippen LogP contribution in [0, 0.1) is 0 Å². The third kappa shape index (κ3) is 10.8. The minimum absolute atomic E-state index is 0.151. The third-order valence-electron chi connectivity index (χ3n) is 6.54. The second-order valence-electron chi connectivity index (χ2n) is 9.41. The number of nitrogens with two attached hydrogens (primary N) is 1. The van der Waals surface area contributed by atoms with Gasteiger partial charge in [0.1, 0.15) is 6.04 Å². The second kappa shape index (κ2) is 18.8. The third-order valence-corrected chi connectivity index (χ3v) is 6.54. The summed E-state index contributed by atoms with van der Waals surface area (Å²) in [6.45, 7) is 7.11. The van der Waals surface area contributed by atoms with E-state index < -0.39 is 11.9 Å². The molecule has 0 saturated carbocycles. The van der Waals surface area contributed by atoms with Crippen LogP contribution in [0.25, 0.3) is 0 Å². The first-order valence-corrected chi connectivity index (χ1v) is 14.0. The highest BCUT2D eigenvalue weighted by Gasteiger charge is 2.39. The van der Waals surface area contributed by atoms with Crippen molar-refractivity contribution in [1.82, 2.24) is 10.2 Å². The molecule has 2 aliphatic heterocycles. The SMILES string of the molecule is NCCOCCOCCOCCOCCOCCOCCCc1cccc2c1CN(C1CCC(=O)NC1=O)C2=O. The molecule has 12 nitrogen and oxygen atoms in total.